The first-order chi connectivity index (χ1) is 9.63. The van der Waals surface area contributed by atoms with E-state index in [1.165, 1.54) is 0 Å². The van der Waals surface area contributed by atoms with Crippen LogP contribution in [0.25, 0.3) is 0 Å². The number of hydrogen-bond acceptors (Lipinski definition) is 2. The van der Waals surface area contributed by atoms with Crippen molar-refractivity contribution in [3.05, 3.63) is 65.0 Å². The number of carbonyl (C=O) groups is 1. The number of carboxylic acid groups (broad SMARTS) is 1. The van der Waals surface area contributed by atoms with Crippen LogP contribution in [0.1, 0.15) is 28.8 Å². The maximum atomic E-state index is 10.5. The molecule has 3 heteroatoms. The summed E-state index contributed by atoms with van der Waals surface area (Å²) in [6.45, 7) is 1.93. The summed E-state index contributed by atoms with van der Waals surface area (Å²) >= 11 is 0. The van der Waals surface area contributed by atoms with Gasteiger partial charge in [0, 0.05) is 29.4 Å². The van der Waals surface area contributed by atoms with Crippen LogP contribution in [0.3, 0.4) is 0 Å². The average molecular weight is 265 g/mol. The molecule has 1 aromatic heterocycles. The molecule has 0 aliphatic carbocycles. The number of carboxylic acids is 1. The third kappa shape index (κ3) is 4.25. The highest BCUT2D eigenvalue weighted by Gasteiger charge is 1.98. The highest BCUT2D eigenvalue weighted by atomic mass is 16.4. The van der Waals surface area contributed by atoms with Crippen LogP contribution in [0.15, 0.2) is 42.6 Å². The summed E-state index contributed by atoms with van der Waals surface area (Å²) in [5.41, 5.74) is 3.81. The lowest BCUT2D eigenvalue weighted by Gasteiger charge is -1.98. The molecule has 0 unspecified atom stereocenters. The molecule has 0 amide bonds. The maximum absolute atomic E-state index is 10.5. The molecule has 0 fully saturated rings. The first-order valence-electron chi connectivity index (χ1n) is 6.39. The summed E-state index contributed by atoms with van der Waals surface area (Å²) in [6.07, 6.45) is 2.45. The van der Waals surface area contributed by atoms with Gasteiger partial charge in [-0.05, 0) is 43.2 Å². The van der Waals surface area contributed by atoms with E-state index in [0.717, 1.165) is 22.4 Å². The molecule has 2 aromatic rings. The Bertz CT molecular complexity index is 663. The summed E-state index contributed by atoms with van der Waals surface area (Å²) < 4.78 is 0. The molecule has 0 aliphatic heterocycles. The fourth-order valence-corrected chi connectivity index (χ4v) is 1.77. The van der Waals surface area contributed by atoms with Crippen LogP contribution in [0.2, 0.25) is 0 Å². The molecule has 20 heavy (non-hydrogen) atoms. The molecule has 0 saturated heterocycles. The summed E-state index contributed by atoms with van der Waals surface area (Å²) in [5.74, 6) is 5.40. The molecule has 0 bridgehead atoms. The highest BCUT2D eigenvalue weighted by molar-refractivity contribution is 5.67. The second kappa shape index (κ2) is 6.53. The Morgan fingerprint density at radius 1 is 1.15 bits per heavy atom. The Kier molecular flexibility index (Phi) is 4.52. The number of aliphatic carboxylic acids is 1. The molecule has 0 radical (unpaired) electrons. The molecule has 0 saturated carbocycles. The fourth-order valence-electron chi connectivity index (χ4n) is 1.77. The molecular formula is C17H15NO2. The van der Waals surface area contributed by atoms with Crippen LogP contribution >= 0.6 is 0 Å². The number of hydrogen-bond donors (Lipinski definition) is 1. The first kappa shape index (κ1) is 13.8. The Morgan fingerprint density at radius 3 is 2.50 bits per heavy atom. The number of aromatic nitrogens is 1. The van der Waals surface area contributed by atoms with Crippen molar-refractivity contribution in [3.63, 3.8) is 0 Å². The summed E-state index contributed by atoms with van der Waals surface area (Å²) in [6, 6.07) is 11.5. The van der Waals surface area contributed by atoms with Gasteiger partial charge in [0.25, 0.3) is 0 Å². The third-order valence-corrected chi connectivity index (χ3v) is 2.83. The number of benzene rings is 1. The Morgan fingerprint density at radius 2 is 1.85 bits per heavy atom. The van der Waals surface area contributed by atoms with E-state index in [9.17, 15) is 4.79 Å². The lowest BCUT2D eigenvalue weighted by Crippen LogP contribution is -1.97. The van der Waals surface area contributed by atoms with E-state index in [1.807, 2.05) is 43.3 Å². The van der Waals surface area contributed by atoms with Crippen molar-refractivity contribution in [1.82, 2.24) is 4.98 Å². The van der Waals surface area contributed by atoms with E-state index in [1.54, 1.807) is 6.20 Å². The monoisotopic (exact) mass is 265 g/mol. The zero-order valence-electron chi connectivity index (χ0n) is 11.3. The van der Waals surface area contributed by atoms with Crippen molar-refractivity contribution in [2.75, 3.05) is 0 Å². The summed E-state index contributed by atoms with van der Waals surface area (Å²) in [4.78, 5) is 14.6. The average Bonchev–Trinajstić information content (AvgIpc) is 2.44. The second-order valence-corrected chi connectivity index (χ2v) is 4.53. The molecular weight excluding hydrogens is 250 g/mol. The SMILES string of the molecule is Cc1cc(C#Cc2ccc(CCC(=O)O)cc2)ccn1. The Labute approximate surface area is 118 Å². The van der Waals surface area contributed by atoms with Crippen molar-refractivity contribution in [2.24, 2.45) is 0 Å². The van der Waals surface area contributed by atoms with Gasteiger partial charge < -0.3 is 5.11 Å². The van der Waals surface area contributed by atoms with Gasteiger partial charge in [0.1, 0.15) is 0 Å². The van der Waals surface area contributed by atoms with Gasteiger partial charge in [-0.1, -0.05) is 24.0 Å². The van der Waals surface area contributed by atoms with E-state index in [-0.39, 0.29) is 6.42 Å². The number of nitrogens with zero attached hydrogens (tertiary/aromatic N) is 1. The minimum absolute atomic E-state index is 0.154. The topological polar surface area (TPSA) is 50.2 Å². The second-order valence-electron chi connectivity index (χ2n) is 4.53. The van der Waals surface area contributed by atoms with Crippen LogP contribution < -0.4 is 0 Å². The van der Waals surface area contributed by atoms with Gasteiger partial charge >= 0.3 is 5.97 Å². The number of aryl methyl sites for hydroxylation is 2. The highest BCUT2D eigenvalue weighted by Crippen LogP contribution is 2.06. The van der Waals surface area contributed by atoms with E-state index < -0.39 is 5.97 Å². The quantitative estimate of drug-likeness (QED) is 0.868. The largest absolute Gasteiger partial charge is 0.481 e. The standard InChI is InChI=1S/C17H15NO2/c1-13-12-16(10-11-18-13)7-6-14-2-4-15(5-3-14)8-9-17(19)20/h2-5,10-12H,8-9H2,1H3,(H,19,20). The number of rotatable bonds is 3. The van der Waals surface area contributed by atoms with Crippen LogP contribution in [0.5, 0.6) is 0 Å². The first-order valence-corrected chi connectivity index (χ1v) is 6.39. The molecule has 100 valence electrons. The van der Waals surface area contributed by atoms with Crippen LogP contribution in [-0.2, 0) is 11.2 Å². The molecule has 3 nitrogen and oxygen atoms in total. The fraction of sp³-hybridized carbons (Fsp3) is 0.176. The van der Waals surface area contributed by atoms with Gasteiger partial charge in [-0.25, -0.2) is 0 Å². The molecule has 1 aromatic carbocycles. The van der Waals surface area contributed by atoms with E-state index in [0.29, 0.717) is 6.42 Å². The summed E-state index contributed by atoms with van der Waals surface area (Å²) in [5, 5.41) is 8.63. The van der Waals surface area contributed by atoms with Crippen molar-refractivity contribution in [1.29, 1.82) is 0 Å². The van der Waals surface area contributed by atoms with Gasteiger partial charge in [0.15, 0.2) is 0 Å². The minimum atomic E-state index is -0.776. The van der Waals surface area contributed by atoms with E-state index >= 15 is 0 Å². The van der Waals surface area contributed by atoms with Crippen LogP contribution in [-0.4, -0.2) is 16.1 Å². The van der Waals surface area contributed by atoms with Gasteiger partial charge in [-0.15, -0.1) is 0 Å². The Balaban J connectivity index is 2.06. The van der Waals surface area contributed by atoms with Crippen molar-refractivity contribution in [3.8, 4) is 11.8 Å². The zero-order chi connectivity index (χ0) is 14.4. The van der Waals surface area contributed by atoms with Crippen molar-refractivity contribution < 1.29 is 9.90 Å². The molecule has 1 heterocycles. The molecule has 1 N–H and O–H groups in total. The molecule has 0 atom stereocenters. The lowest BCUT2D eigenvalue weighted by atomic mass is 10.1. The summed E-state index contributed by atoms with van der Waals surface area (Å²) in [7, 11) is 0. The van der Waals surface area contributed by atoms with E-state index in [2.05, 4.69) is 16.8 Å². The maximum Gasteiger partial charge on any atom is 0.303 e. The number of pyridine rings is 1. The van der Waals surface area contributed by atoms with Gasteiger partial charge in [0.05, 0.1) is 0 Å². The van der Waals surface area contributed by atoms with Gasteiger partial charge in [0.2, 0.25) is 0 Å². The molecule has 2 rings (SSSR count). The van der Waals surface area contributed by atoms with Gasteiger partial charge in [-0.3, -0.25) is 9.78 Å². The minimum Gasteiger partial charge on any atom is -0.481 e. The Hall–Kier alpha value is -2.60. The van der Waals surface area contributed by atoms with Crippen LogP contribution in [0, 0.1) is 18.8 Å². The molecule has 0 aliphatic rings. The van der Waals surface area contributed by atoms with Crippen LogP contribution in [0.4, 0.5) is 0 Å². The molecule has 0 spiro atoms. The van der Waals surface area contributed by atoms with Gasteiger partial charge in [-0.2, -0.15) is 0 Å². The van der Waals surface area contributed by atoms with E-state index in [4.69, 9.17) is 5.11 Å². The third-order valence-electron chi connectivity index (χ3n) is 2.83. The van der Waals surface area contributed by atoms with Crippen molar-refractivity contribution >= 4 is 5.97 Å². The smallest absolute Gasteiger partial charge is 0.303 e. The zero-order valence-corrected chi connectivity index (χ0v) is 11.3. The lowest BCUT2D eigenvalue weighted by molar-refractivity contribution is -0.136. The predicted octanol–water partition coefficient (Wildman–Crippen LogP) is 2.81. The normalized spacial score (nSPS) is 9.65. The van der Waals surface area contributed by atoms with Crippen molar-refractivity contribution in [2.45, 2.75) is 19.8 Å². The predicted molar refractivity (Wildman–Crippen MR) is 77.4 cm³/mol.